The van der Waals surface area contributed by atoms with E-state index in [0.717, 1.165) is 43.6 Å². The Morgan fingerprint density at radius 1 is 1.15 bits per heavy atom. The highest BCUT2D eigenvalue weighted by molar-refractivity contribution is 7.05. The number of hydrogen-bond donors (Lipinski definition) is 1. The van der Waals surface area contributed by atoms with E-state index in [1.807, 2.05) is 0 Å². The Balaban J connectivity index is 1.84. The summed E-state index contributed by atoms with van der Waals surface area (Å²) in [5, 5.41) is 7.55. The standard InChI is InChI=1S/C25H26ClFN4O2S/c1-15-11-12-20(14-21(15)27)31(25(33)22-16(2)34-30-29-22)23(17-7-6-8-18(26)13-17)24(32)28-19-9-4-3-5-10-19/h6-8,11-14,19,23H,3-5,9-10H2,1-2H3,(H,28,32). The van der Waals surface area contributed by atoms with Crippen molar-refractivity contribution in [1.82, 2.24) is 14.9 Å². The lowest BCUT2D eigenvalue weighted by Gasteiger charge is -2.33. The van der Waals surface area contributed by atoms with Crippen molar-refractivity contribution in [2.24, 2.45) is 0 Å². The summed E-state index contributed by atoms with van der Waals surface area (Å²) in [5.41, 5.74) is 1.34. The number of aryl methyl sites for hydroxylation is 2. The van der Waals surface area contributed by atoms with Crippen molar-refractivity contribution in [2.45, 2.75) is 58.0 Å². The molecule has 1 aliphatic rings. The van der Waals surface area contributed by atoms with E-state index in [-0.39, 0.29) is 23.3 Å². The van der Waals surface area contributed by atoms with Crippen LogP contribution in [0.15, 0.2) is 42.5 Å². The molecular weight excluding hydrogens is 475 g/mol. The Morgan fingerprint density at radius 3 is 2.56 bits per heavy atom. The molecule has 9 heteroatoms. The molecule has 4 rings (SSSR count). The van der Waals surface area contributed by atoms with Crippen molar-refractivity contribution in [3.05, 3.63) is 75.0 Å². The number of nitrogens with one attached hydrogen (secondary N) is 1. The second kappa shape index (κ2) is 10.6. The molecule has 0 saturated heterocycles. The summed E-state index contributed by atoms with van der Waals surface area (Å²) in [6.45, 7) is 3.38. The Bertz CT molecular complexity index is 1200. The van der Waals surface area contributed by atoms with Crippen LogP contribution in [-0.2, 0) is 4.79 Å². The molecule has 6 nitrogen and oxygen atoms in total. The average Bonchev–Trinajstić information content (AvgIpc) is 3.25. The first kappa shape index (κ1) is 24.3. The summed E-state index contributed by atoms with van der Waals surface area (Å²) in [6.07, 6.45) is 5.00. The number of carbonyl (C=O) groups excluding carboxylic acids is 2. The first-order valence-electron chi connectivity index (χ1n) is 11.3. The van der Waals surface area contributed by atoms with E-state index in [4.69, 9.17) is 11.6 Å². The number of halogens is 2. The lowest BCUT2D eigenvalue weighted by Crippen LogP contribution is -2.47. The topological polar surface area (TPSA) is 75.2 Å². The highest BCUT2D eigenvalue weighted by Gasteiger charge is 2.36. The SMILES string of the molecule is Cc1ccc(N(C(=O)c2nnsc2C)C(C(=O)NC2CCCCC2)c2cccc(Cl)c2)cc1F. The van der Waals surface area contributed by atoms with Crippen molar-refractivity contribution >= 4 is 40.6 Å². The second-order valence-corrected chi connectivity index (χ2v) is 9.98. The van der Waals surface area contributed by atoms with E-state index in [9.17, 15) is 14.0 Å². The van der Waals surface area contributed by atoms with Gasteiger partial charge in [-0.3, -0.25) is 14.5 Å². The minimum absolute atomic E-state index is 0.0253. The fourth-order valence-corrected chi connectivity index (χ4v) is 4.94. The Kier molecular flexibility index (Phi) is 7.58. The Morgan fingerprint density at radius 2 is 1.91 bits per heavy atom. The number of amides is 2. The van der Waals surface area contributed by atoms with Crippen LogP contribution in [0.3, 0.4) is 0 Å². The van der Waals surface area contributed by atoms with Gasteiger partial charge in [0.25, 0.3) is 5.91 Å². The van der Waals surface area contributed by atoms with Gasteiger partial charge in [-0.25, -0.2) is 4.39 Å². The van der Waals surface area contributed by atoms with Crippen LogP contribution in [0.2, 0.25) is 5.02 Å². The first-order chi connectivity index (χ1) is 16.3. The molecule has 1 N–H and O–H groups in total. The van der Waals surface area contributed by atoms with E-state index >= 15 is 0 Å². The van der Waals surface area contributed by atoms with E-state index in [2.05, 4.69) is 14.9 Å². The quantitative estimate of drug-likeness (QED) is 0.465. The van der Waals surface area contributed by atoms with Gasteiger partial charge in [0.2, 0.25) is 5.91 Å². The Hall–Kier alpha value is -2.84. The fourth-order valence-electron chi connectivity index (χ4n) is 4.28. The van der Waals surface area contributed by atoms with Crippen LogP contribution in [-0.4, -0.2) is 27.4 Å². The van der Waals surface area contributed by atoms with Crippen molar-refractivity contribution < 1.29 is 14.0 Å². The summed E-state index contributed by atoms with van der Waals surface area (Å²) in [6, 6.07) is 10.3. The van der Waals surface area contributed by atoms with E-state index in [1.165, 1.54) is 11.0 Å². The van der Waals surface area contributed by atoms with Gasteiger partial charge in [0, 0.05) is 16.8 Å². The average molecular weight is 501 g/mol. The predicted molar refractivity (Wildman–Crippen MR) is 132 cm³/mol. The maximum absolute atomic E-state index is 14.6. The van der Waals surface area contributed by atoms with Gasteiger partial charge >= 0.3 is 0 Å². The molecular formula is C25H26ClFN4O2S. The summed E-state index contributed by atoms with van der Waals surface area (Å²) >= 11 is 7.36. The van der Waals surface area contributed by atoms with E-state index < -0.39 is 17.8 Å². The predicted octanol–water partition coefficient (Wildman–Crippen LogP) is 5.78. The number of rotatable bonds is 6. The maximum Gasteiger partial charge on any atom is 0.281 e. The first-order valence-corrected chi connectivity index (χ1v) is 12.4. The zero-order valence-electron chi connectivity index (χ0n) is 19.1. The van der Waals surface area contributed by atoms with Crippen molar-refractivity contribution in [3.8, 4) is 0 Å². The molecule has 1 aliphatic carbocycles. The third-order valence-electron chi connectivity index (χ3n) is 6.13. The molecule has 178 valence electrons. The molecule has 1 fully saturated rings. The van der Waals surface area contributed by atoms with E-state index in [1.54, 1.807) is 50.2 Å². The second-order valence-electron chi connectivity index (χ2n) is 8.59. The normalized spacial score (nSPS) is 15.1. The lowest BCUT2D eigenvalue weighted by molar-refractivity contribution is -0.123. The van der Waals surface area contributed by atoms with Gasteiger partial charge in [-0.1, -0.05) is 53.6 Å². The van der Waals surface area contributed by atoms with Crippen LogP contribution in [0.4, 0.5) is 10.1 Å². The Labute approximate surface area is 207 Å². The number of anilines is 1. The number of benzene rings is 2. The molecule has 0 bridgehead atoms. The minimum Gasteiger partial charge on any atom is -0.351 e. The highest BCUT2D eigenvalue weighted by Crippen LogP contribution is 2.33. The molecule has 34 heavy (non-hydrogen) atoms. The molecule has 2 aromatic carbocycles. The van der Waals surface area contributed by atoms with Crippen LogP contribution in [0.1, 0.15) is 64.6 Å². The van der Waals surface area contributed by atoms with Crippen LogP contribution < -0.4 is 10.2 Å². The zero-order valence-corrected chi connectivity index (χ0v) is 20.6. The van der Waals surface area contributed by atoms with Gasteiger partial charge in [-0.05, 0) is 73.6 Å². The zero-order chi connectivity index (χ0) is 24.2. The van der Waals surface area contributed by atoms with Crippen LogP contribution in [0.25, 0.3) is 0 Å². The van der Waals surface area contributed by atoms with E-state index in [0.29, 0.717) is 21.0 Å². The smallest absolute Gasteiger partial charge is 0.281 e. The molecule has 1 heterocycles. The van der Waals surface area contributed by atoms with Crippen LogP contribution >= 0.6 is 23.1 Å². The van der Waals surface area contributed by atoms with Gasteiger partial charge < -0.3 is 5.32 Å². The highest BCUT2D eigenvalue weighted by atomic mass is 35.5. The number of aromatic nitrogens is 2. The number of carbonyl (C=O) groups is 2. The fraction of sp³-hybridized carbons (Fsp3) is 0.360. The van der Waals surface area contributed by atoms with Gasteiger partial charge in [-0.2, -0.15) is 0 Å². The van der Waals surface area contributed by atoms with Gasteiger partial charge in [-0.15, -0.1) is 5.10 Å². The maximum atomic E-state index is 14.6. The summed E-state index contributed by atoms with van der Waals surface area (Å²) in [5.74, 6) is -1.34. The summed E-state index contributed by atoms with van der Waals surface area (Å²) in [7, 11) is 0. The van der Waals surface area contributed by atoms with Crippen molar-refractivity contribution in [3.63, 3.8) is 0 Å². The van der Waals surface area contributed by atoms with Gasteiger partial charge in [0.05, 0.1) is 4.88 Å². The largest absolute Gasteiger partial charge is 0.351 e. The molecule has 0 radical (unpaired) electrons. The molecule has 2 amide bonds. The molecule has 1 unspecified atom stereocenters. The summed E-state index contributed by atoms with van der Waals surface area (Å²) < 4.78 is 18.5. The monoisotopic (exact) mass is 500 g/mol. The third kappa shape index (κ3) is 5.28. The number of hydrogen-bond acceptors (Lipinski definition) is 5. The molecule has 1 aromatic heterocycles. The van der Waals surface area contributed by atoms with Gasteiger partial charge in [0.15, 0.2) is 5.69 Å². The minimum atomic E-state index is -1.07. The van der Waals surface area contributed by atoms with Gasteiger partial charge in [0.1, 0.15) is 11.9 Å². The van der Waals surface area contributed by atoms with Crippen LogP contribution in [0, 0.1) is 19.7 Å². The van der Waals surface area contributed by atoms with Crippen molar-refractivity contribution in [1.29, 1.82) is 0 Å². The number of nitrogens with zero attached hydrogens (tertiary/aromatic N) is 3. The summed E-state index contributed by atoms with van der Waals surface area (Å²) in [4.78, 5) is 29.5. The third-order valence-corrected chi connectivity index (χ3v) is 7.00. The molecule has 3 aromatic rings. The van der Waals surface area contributed by atoms with Crippen LogP contribution in [0.5, 0.6) is 0 Å². The lowest BCUT2D eigenvalue weighted by atomic mass is 9.94. The molecule has 0 spiro atoms. The molecule has 0 aliphatic heterocycles. The molecule has 1 saturated carbocycles. The molecule has 1 atom stereocenters. The van der Waals surface area contributed by atoms with Crippen molar-refractivity contribution in [2.75, 3.05) is 4.90 Å².